The second-order valence-electron chi connectivity index (χ2n) is 7.12. The topological polar surface area (TPSA) is 59.1 Å². The van der Waals surface area contributed by atoms with Crippen molar-refractivity contribution in [1.82, 2.24) is 4.98 Å². The number of pyridine rings is 1. The van der Waals surface area contributed by atoms with Crippen molar-refractivity contribution in [2.24, 2.45) is 11.3 Å². The summed E-state index contributed by atoms with van der Waals surface area (Å²) in [7, 11) is 0. The van der Waals surface area contributed by atoms with Crippen LogP contribution < -0.4 is 5.73 Å². The third kappa shape index (κ3) is 3.47. The summed E-state index contributed by atoms with van der Waals surface area (Å²) in [5.74, 6) is 0.707. The predicted molar refractivity (Wildman–Crippen MR) is 78.7 cm³/mol. The summed E-state index contributed by atoms with van der Waals surface area (Å²) in [6, 6.07) is 1.81. The minimum absolute atomic E-state index is 0.342. The highest BCUT2D eigenvalue weighted by atomic mass is 16.3. The van der Waals surface area contributed by atoms with E-state index in [0.717, 1.165) is 36.9 Å². The average Bonchev–Trinajstić information content (AvgIpc) is 2.31. The van der Waals surface area contributed by atoms with Crippen LogP contribution in [-0.4, -0.2) is 15.7 Å². The molecule has 3 heteroatoms. The van der Waals surface area contributed by atoms with Gasteiger partial charge in [0, 0.05) is 24.5 Å². The third-order valence-electron chi connectivity index (χ3n) is 4.60. The standard InChI is InChI=1S/C16H26N2O/c1-15(2,3)13-4-7-16(19,8-5-13)10-12-11-18-9-6-14(12)17/h6,9,11,13,19H,4-5,7-8,10H2,1-3H3,(H2,17,18). The number of hydrogen-bond acceptors (Lipinski definition) is 3. The Balaban J connectivity index is 2.01. The van der Waals surface area contributed by atoms with Crippen molar-refractivity contribution >= 4 is 5.69 Å². The molecule has 2 rings (SSSR count). The summed E-state index contributed by atoms with van der Waals surface area (Å²) < 4.78 is 0. The Morgan fingerprint density at radius 3 is 2.53 bits per heavy atom. The van der Waals surface area contributed by atoms with Gasteiger partial charge in [0.15, 0.2) is 0 Å². The summed E-state index contributed by atoms with van der Waals surface area (Å²) in [6.45, 7) is 6.88. The number of aliphatic hydroxyl groups is 1. The zero-order valence-corrected chi connectivity index (χ0v) is 12.3. The van der Waals surface area contributed by atoms with Crippen LogP contribution in [0.2, 0.25) is 0 Å². The first-order valence-electron chi connectivity index (χ1n) is 7.21. The van der Waals surface area contributed by atoms with E-state index >= 15 is 0 Å². The Morgan fingerprint density at radius 2 is 2.00 bits per heavy atom. The number of nitrogen functional groups attached to an aromatic ring is 1. The molecular formula is C16H26N2O. The van der Waals surface area contributed by atoms with E-state index in [2.05, 4.69) is 25.8 Å². The van der Waals surface area contributed by atoms with Crippen molar-refractivity contribution in [2.45, 2.75) is 58.5 Å². The largest absolute Gasteiger partial charge is 0.398 e. The van der Waals surface area contributed by atoms with Crippen molar-refractivity contribution in [1.29, 1.82) is 0 Å². The van der Waals surface area contributed by atoms with E-state index in [-0.39, 0.29) is 0 Å². The number of nitrogens with zero attached hydrogens (tertiary/aromatic N) is 1. The third-order valence-corrected chi connectivity index (χ3v) is 4.60. The second kappa shape index (κ2) is 5.12. The first kappa shape index (κ1) is 14.3. The van der Waals surface area contributed by atoms with Crippen LogP contribution in [0.4, 0.5) is 5.69 Å². The Hall–Kier alpha value is -1.09. The van der Waals surface area contributed by atoms with Gasteiger partial charge in [-0.2, -0.15) is 0 Å². The van der Waals surface area contributed by atoms with Crippen LogP contribution in [0.5, 0.6) is 0 Å². The molecule has 106 valence electrons. The van der Waals surface area contributed by atoms with Gasteiger partial charge in [0.2, 0.25) is 0 Å². The zero-order chi connectivity index (χ0) is 14.1. The quantitative estimate of drug-likeness (QED) is 0.860. The SMILES string of the molecule is CC(C)(C)C1CCC(O)(Cc2cnccc2N)CC1. The fourth-order valence-electron chi connectivity index (χ4n) is 3.14. The maximum Gasteiger partial charge on any atom is 0.0689 e. The van der Waals surface area contributed by atoms with E-state index in [9.17, 15) is 5.11 Å². The number of aromatic nitrogens is 1. The van der Waals surface area contributed by atoms with E-state index < -0.39 is 5.60 Å². The Bertz CT molecular complexity index is 429. The van der Waals surface area contributed by atoms with Crippen molar-refractivity contribution in [3.63, 3.8) is 0 Å². The van der Waals surface area contributed by atoms with Gasteiger partial charge in [-0.05, 0) is 48.6 Å². The highest BCUT2D eigenvalue weighted by Crippen LogP contribution is 2.42. The molecule has 1 aromatic rings. The molecule has 0 saturated heterocycles. The van der Waals surface area contributed by atoms with Crippen LogP contribution in [0, 0.1) is 11.3 Å². The lowest BCUT2D eigenvalue weighted by atomic mass is 9.67. The normalized spacial score (nSPS) is 28.3. The van der Waals surface area contributed by atoms with Gasteiger partial charge < -0.3 is 10.8 Å². The van der Waals surface area contributed by atoms with Crippen LogP contribution in [-0.2, 0) is 6.42 Å². The monoisotopic (exact) mass is 262 g/mol. The lowest BCUT2D eigenvalue weighted by Gasteiger charge is -2.41. The van der Waals surface area contributed by atoms with Gasteiger partial charge in [-0.15, -0.1) is 0 Å². The second-order valence-corrected chi connectivity index (χ2v) is 7.12. The lowest BCUT2D eigenvalue weighted by Crippen LogP contribution is -2.39. The first-order valence-corrected chi connectivity index (χ1v) is 7.21. The average molecular weight is 262 g/mol. The van der Waals surface area contributed by atoms with Crippen LogP contribution in [0.1, 0.15) is 52.0 Å². The molecule has 0 aliphatic heterocycles. The molecule has 1 heterocycles. The minimum Gasteiger partial charge on any atom is -0.398 e. The summed E-state index contributed by atoms with van der Waals surface area (Å²) in [4.78, 5) is 4.11. The van der Waals surface area contributed by atoms with Crippen LogP contribution in [0.15, 0.2) is 18.5 Å². The van der Waals surface area contributed by atoms with Gasteiger partial charge >= 0.3 is 0 Å². The van der Waals surface area contributed by atoms with Crippen LogP contribution in [0.25, 0.3) is 0 Å². The molecule has 1 aliphatic carbocycles. The number of hydrogen-bond donors (Lipinski definition) is 2. The van der Waals surface area contributed by atoms with Gasteiger partial charge in [0.1, 0.15) is 0 Å². The van der Waals surface area contributed by atoms with Gasteiger partial charge in [0.05, 0.1) is 5.60 Å². The Kier molecular flexibility index (Phi) is 3.86. The van der Waals surface area contributed by atoms with E-state index in [0.29, 0.717) is 17.8 Å². The maximum absolute atomic E-state index is 10.7. The van der Waals surface area contributed by atoms with Gasteiger partial charge in [-0.3, -0.25) is 4.98 Å². The lowest BCUT2D eigenvalue weighted by molar-refractivity contribution is -0.0244. The van der Waals surface area contributed by atoms with Crippen LogP contribution in [0.3, 0.4) is 0 Å². The fourth-order valence-corrected chi connectivity index (χ4v) is 3.14. The van der Waals surface area contributed by atoms with Gasteiger partial charge in [-0.1, -0.05) is 20.8 Å². The summed E-state index contributed by atoms with van der Waals surface area (Å²) >= 11 is 0. The van der Waals surface area contributed by atoms with Gasteiger partial charge in [-0.25, -0.2) is 0 Å². The molecule has 1 aliphatic rings. The fraction of sp³-hybridized carbons (Fsp3) is 0.688. The van der Waals surface area contributed by atoms with Crippen molar-refractivity contribution in [3.05, 3.63) is 24.0 Å². The molecule has 3 nitrogen and oxygen atoms in total. The highest BCUT2D eigenvalue weighted by Gasteiger charge is 2.37. The molecule has 0 amide bonds. The molecule has 0 atom stereocenters. The maximum atomic E-state index is 10.7. The van der Waals surface area contributed by atoms with E-state index in [1.165, 1.54) is 0 Å². The van der Waals surface area contributed by atoms with E-state index in [1.807, 2.05) is 0 Å². The molecule has 1 aromatic heterocycles. The molecule has 19 heavy (non-hydrogen) atoms. The van der Waals surface area contributed by atoms with Gasteiger partial charge in [0.25, 0.3) is 0 Å². The van der Waals surface area contributed by atoms with Crippen molar-refractivity contribution < 1.29 is 5.11 Å². The Morgan fingerprint density at radius 1 is 1.37 bits per heavy atom. The van der Waals surface area contributed by atoms with Crippen molar-refractivity contribution in [3.8, 4) is 0 Å². The number of anilines is 1. The van der Waals surface area contributed by atoms with E-state index in [1.54, 1.807) is 18.5 Å². The summed E-state index contributed by atoms with van der Waals surface area (Å²) in [5, 5.41) is 10.7. The molecule has 0 aromatic carbocycles. The molecule has 1 fully saturated rings. The highest BCUT2D eigenvalue weighted by molar-refractivity contribution is 5.45. The van der Waals surface area contributed by atoms with Crippen molar-refractivity contribution in [2.75, 3.05) is 5.73 Å². The molecule has 0 spiro atoms. The predicted octanol–water partition coefficient (Wildman–Crippen LogP) is 3.17. The molecule has 0 unspecified atom stereocenters. The number of nitrogens with two attached hydrogens (primary N) is 1. The van der Waals surface area contributed by atoms with Crippen LogP contribution >= 0.6 is 0 Å². The smallest absolute Gasteiger partial charge is 0.0689 e. The van der Waals surface area contributed by atoms with E-state index in [4.69, 9.17) is 5.73 Å². The molecule has 3 N–H and O–H groups in total. The zero-order valence-electron chi connectivity index (χ0n) is 12.3. The first-order chi connectivity index (χ1) is 8.80. The minimum atomic E-state index is -0.598. The molecule has 0 radical (unpaired) electrons. The summed E-state index contributed by atoms with van der Waals surface area (Å²) in [6.07, 6.45) is 8.03. The molecule has 0 bridgehead atoms. The number of rotatable bonds is 2. The molecular weight excluding hydrogens is 236 g/mol. The Labute approximate surface area is 116 Å². The summed E-state index contributed by atoms with van der Waals surface area (Å²) in [5.41, 5.74) is 7.39. The molecule has 1 saturated carbocycles.